The zero-order valence-electron chi connectivity index (χ0n) is 18.2. The van der Waals surface area contributed by atoms with E-state index in [1.165, 1.54) is 4.90 Å². The molecule has 168 valence electrons. The van der Waals surface area contributed by atoms with E-state index in [-0.39, 0.29) is 25.5 Å². The summed E-state index contributed by atoms with van der Waals surface area (Å²) in [6.07, 6.45) is -2.55. The summed E-state index contributed by atoms with van der Waals surface area (Å²) in [6.45, 7) is 7.40. The van der Waals surface area contributed by atoms with Crippen LogP contribution in [0.15, 0.2) is 18.2 Å². The van der Waals surface area contributed by atoms with Gasteiger partial charge in [0, 0.05) is 12.0 Å². The number of likely N-dealkylation sites (tertiary alicyclic amines) is 1. The summed E-state index contributed by atoms with van der Waals surface area (Å²) in [7, 11) is 0. The fourth-order valence-electron chi connectivity index (χ4n) is 3.86. The van der Waals surface area contributed by atoms with Crippen LogP contribution in [-0.4, -0.2) is 64.1 Å². The van der Waals surface area contributed by atoms with E-state index < -0.39 is 41.9 Å². The molecule has 2 amide bonds. The quantitative estimate of drug-likeness (QED) is 0.658. The maximum absolute atomic E-state index is 13.1. The zero-order chi connectivity index (χ0) is 22.9. The number of nitriles is 1. The summed E-state index contributed by atoms with van der Waals surface area (Å²) in [4.78, 5) is 26.8. The standard InChI is InChI=1S/C22H29N3O6/c1-12(2)11-30-21(29)25-10-14(26)8-16(25)20(28)24-18-15-7-13(9-23)5-6-17(15)31-22(3,4)19(18)27/h5-7,12,14,16,18-19,26-27H,8,10-11H2,1-4H3,(H,24,28)/t14-,16+,18?,19?/m1/s1. The molecule has 0 aromatic heterocycles. The maximum atomic E-state index is 13.1. The summed E-state index contributed by atoms with van der Waals surface area (Å²) in [5.41, 5.74) is -0.153. The molecule has 2 aliphatic heterocycles. The van der Waals surface area contributed by atoms with Gasteiger partial charge in [0.05, 0.1) is 36.9 Å². The number of carbonyl (C=O) groups excluding carboxylic acids is 2. The van der Waals surface area contributed by atoms with Crippen LogP contribution in [0.4, 0.5) is 4.79 Å². The molecule has 2 heterocycles. The van der Waals surface area contributed by atoms with Crippen LogP contribution in [0.3, 0.4) is 0 Å². The molecule has 1 fully saturated rings. The lowest BCUT2D eigenvalue weighted by atomic mass is 9.85. The molecule has 2 unspecified atom stereocenters. The van der Waals surface area contributed by atoms with Gasteiger partial charge >= 0.3 is 6.09 Å². The lowest BCUT2D eigenvalue weighted by molar-refractivity contribution is -0.129. The molecule has 3 N–H and O–H groups in total. The van der Waals surface area contributed by atoms with Crippen LogP contribution >= 0.6 is 0 Å². The molecule has 3 rings (SSSR count). The van der Waals surface area contributed by atoms with Gasteiger partial charge in [-0.1, -0.05) is 13.8 Å². The van der Waals surface area contributed by atoms with E-state index in [1.807, 2.05) is 19.9 Å². The van der Waals surface area contributed by atoms with Crippen molar-refractivity contribution in [3.8, 4) is 11.8 Å². The van der Waals surface area contributed by atoms with Crippen molar-refractivity contribution in [3.63, 3.8) is 0 Å². The van der Waals surface area contributed by atoms with E-state index in [1.54, 1.807) is 32.0 Å². The highest BCUT2D eigenvalue weighted by atomic mass is 16.6. The lowest BCUT2D eigenvalue weighted by Crippen LogP contribution is -2.56. The van der Waals surface area contributed by atoms with E-state index in [0.29, 0.717) is 16.9 Å². The number of hydrogen-bond donors (Lipinski definition) is 3. The highest BCUT2D eigenvalue weighted by Gasteiger charge is 2.46. The number of aliphatic hydroxyl groups excluding tert-OH is 2. The summed E-state index contributed by atoms with van der Waals surface area (Å²) in [5.74, 6) is 0.0709. The number of carbonyl (C=O) groups is 2. The third-order valence-corrected chi connectivity index (χ3v) is 5.53. The molecule has 0 aliphatic carbocycles. The van der Waals surface area contributed by atoms with Crippen molar-refractivity contribution in [1.82, 2.24) is 10.2 Å². The molecule has 0 radical (unpaired) electrons. The van der Waals surface area contributed by atoms with Gasteiger partial charge in [-0.2, -0.15) is 5.26 Å². The van der Waals surface area contributed by atoms with E-state index >= 15 is 0 Å². The predicted octanol–water partition coefficient (Wildman–Crippen LogP) is 1.48. The number of ether oxygens (including phenoxy) is 2. The van der Waals surface area contributed by atoms with Crippen LogP contribution in [0.2, 0.25) is 0 Å². The van der Waals surface area contributed by atoms with Crippen molar-refractivity contribution in [2.75, 3.05) is 13.2 Å². The second-order valence-electron chi connectivity index (χ2n) is 9.03. The van der Waals surface area contributed by atoms with Gasteiger partial charge in [0.15, 0.2) is 0 Å². The molecule has 2 aliphatic rings. The number of nitrogens with zero attached hydrogens (tertiary/aromatic N) is 2. The van der Waals surface area contributed by atoms with Crippen LogP contribution in [0.1, 0.15) is 51.3 Å². The molecular weight excluding hydrogens is 402 g/mol. The third kappa shape index (κ3) is 4.75. The van der Waals surface area contributed by atoms with Gasteiger partial charge in [-0.05, 0) is 38.0 Å². The molecule has 0 spiro atoms. The number of aliphatic hydroxyl groups is 2. The Kier molecular flexibility index (Phi) is 6.43. The van der Waals surface area contributed by atoms with Gasteiger partial charge in [0.2, 0.25) is 5.91 Å². The van der Waals surface area contributed by atoms with Crippen molar-refractivity contribution in [1.29, 1.82) is 5.26 Å². The fourth-order valence-corrected chi connectivity index (χ4v) is 3.86. The SMILES string of the molecule is CC(C)COC(=O)N1C[C@H](O)C[C@H]1C(=O)NC1c2cc(C#N)ccc2OC(C)(C)C1O. The number of β-amino-alcohol motifs (C(OH)–C–C–N with tert-alkyl or cyclic N) is 1. The summed E-state index contributed by atoms with van der Waals surface area (Å²) < 4.78 is 11.1. The second-order valence-corrected chi connectivity index (χ2v) is 9.03. The van der Waals surface area contributed by atoms with Crippen molar-refractivity contribution >= 4 is 12.0 Å². The minimum atomic E-state index is -1.11. The van der Waals surface area contributed by atoms with Crippen LogP contribution < -0.4 is 10.1 Å². The molecule has 31 heavy (non-hydrogen) atoms. The first-order valence-electron chi connectivity index (χ1n) is 10.4. The Morgan fingerprint density at radius 3 is 2.74 bits per heavy atom. The van der Waals surface area contributed by atoms with Crippen LogP contribution in [0, 0.1) is 17.2 Å². The number of hydrogen-bond acceptors (Lipinski definition) is 7. The first-order valence-corrected chi connectivity index (χ1v) is 10.4. The van der Waals surface area contributed by atoms with Crippen molar-refractivity contribution in [2.45, 2.75) is 64.0 Å². The van der Waals surface area contributed by atoms with Gasteiger partial charge in [0.1, 0.15) is 23.5 Å². The minimum absolute atomic E-state index is 0.00793. The predicted molar refractivity (Wildman–Crippen MR) is 110 cm³/mol. The Hall–Kier alpha value is -2.83. The Balaban J connectivity index is 1.84. The Morgan fingerprint density at radius 2 is 2.10 bits per heavy atom. The van der Waals surface area contributed by atoms with Crippen molar-refractivity contribution < 1.29 is 29.3 Å². The Bertz CT molecular complexity index is 894. The molecule has 0 saturated carbocycles. The Labute approximate surface area is 181 Å². The van der Waals surface area contributed by atoms with Crippen LogP contribution in [0.25, 0.3) is 0 Å². The monoisotopic (exact) mass is 431 g/mol. The van der Waals surface area contributed by atoms with E-state index in [0.717, 1.165) is 0 Å². The third-order valence-electron chi connectivity index (χ3n) is 5.53. The molecule has 9 heteroatoms. The van der Waals surface area contributed by atoms with E-state index in [9.17, 15) is 25.1 Å². The van der Waals surface area contributed by atoms with Gasteiger partial charge in [-0.25, -0.2) is 4.79 Å². The Morgan fingerprint density at radius 1 is 1.39 bits per heavy atom. The molecule has 1 aromatic rings. The molecule has 1 saturated heterocycles. The van der Waals surface area contributed by atoms with Gasteiger partial charge < -0.3 is 25.0 Å². The van der Waals surface area contributed by atoms with E-state index in [2.05, 4.69) is 5.32 Å². The number of nitrogens with one attached hydrogen (secondary N) is 1. The summed E-state index contributed by atoms with van der Waals surface area (Å²) in [6, 6.07) is 5.05. The first kappa shape index (κ1) is 22.8. The molecule has 9 nitrogen and oxygen atoms in total. The summed E-state index contributed by atoms with van der Waals surface area (Å²) in [5, 5.41) is 33.0. The average molecular weight is 431 g/mol. The van der Waals surface area contributed by atoms with Crippen LogP contribution in [0.5, 0.6) is 5.75 Å². The van der Waals surface area contributed by atoms with E-state index in [4.69, 9.17) is 9.47 Å². The minimum Gasteiger partial charge on any atom is -0.485 e. The number of amides is 2. The lowest BCUT2D eigenvalue weighted by Gasteiger charge is -2.42. The summed E-state index contributed by atoms with van der Waals surface area (Å²) >= 11 is 0. The second kappa shape index (κ2) is 8.73. The molecule has 0 bridgehead atoms. The van der Waals surface area contributed by atoms with Crippen molar-refractivity contribution in [2.24, 2.45) is 5.92 Å². The van der Waals surface area contributed by atoms with Gasteiger partial charge in [0.25, 0.3) is 0 Å². The largest absolute Gasteiger partial charge is 0.485 e. The van der Waals surface area contributed by atoms with Gasteiger partial charge in [-0.15, -0.1) is 0 Å². The number of benzene rings is 1. The maximum Gasteiger partial charge on any atom is 0.410 e. The highest BCUT2D eigenvalue weighted by Crippen LogP contribution is 2.40. The topological polar surface area (TPSA) is 132 Å². The smallest absolute Gasteiger partial charge is 0.410 e. The molecule has 1 aromatic carbocycles. The van der Waals surface area contributed by atoms with Crippen LogP contribution in [-0.2, 0) is 9.53 Å². The number of fused-ring (bicyclic) bond motifs is 1. The first-order chi connectivity index (χ1) is 14.5. The normalized spacial score (nSPS) is 26.6. The fraction of sp³-hybridized carbons (Fsp3) is 0.591. The van der Waals surface area contributed by atoms with Gasteiger partial charge in [-0.3, -0.25) is 9.69 Å². The zero-order valence-corrected chi connectivity index (χ0v) is 18.2. The van der Waals surface area contributed by atoms with Crippen molar-refractivity contribution in [3.05, 3.63) is 29.3 Å². The molecule has 4 atom stereocenters. The number of rotatable bonds is 4. The average Bonchev–Trinajstić information content (AvgIpc) is 3.11. The molecular formula is C22H29N3O6. The highest BCUT2D eigenvalue weighted by molar-refractivity contribution is 5.87.